The van der Waals surface area contributed by atoms with Crippen LogP contribution in [0, 0.1) is 5.82 Å². The zero-order chi connectivity index (χ0) is 11.7. The number of fused-ring (bicyclic) bond motifs is 1. The van der Waals surface area contributed by atoms with Gasteiger partial charge in [-0.05, 0) is 36.5 Å². The van der Waals surface area contributed by atoms with Gasteiger partial charge in [0.05, 0.1) is 14.2 Å². The fraction of sp³-hybridized carbons (Fsp3) is 0.500. The summed E-state index contributed by atoms with van der Waals surface area (Å²) < 4.78 is 24.3. The van der Waals surface area contributed by atoms with Crippen LogP contribution in [0.15, 0.2) is 6.07 Å². The van der Waals surface area contributed by atoms with Gasteiger partial charge in [0.15, 0.2) is 17.3 Å². The number of rotatable bonds is 2. The Morgan fingerprint density at radius 3 is 2.75 bits per heavy atom. The number of aryl methyl sites for hydroxylation is 1. The van der Waals surface area contributed by atoms with E-state index in [1.54, 1.807) is 0 Å². The second-order valence-corrected chi connectivity index (χ2v) is 4.07. The van der Waals surface area contributed by atoms with Crippen LogP contribution >= 0.6 is 0 Å². The van der Waals surface area contributed by atoms with Crippen molar-refractivity contribution in [3.8, 4) is 11.5 Å². The van der Waals surface area contributed by atoms with Gasteiger partial charge in [-0.15, -0.1) is 0 Å². The molecule has 1 atom stereocenters. The molecule has 0 aromatic heterocycles. The van der Waals surface area contributed by atoms with Gasteiger partial charge in [-0.1, -0.05) is 0 Å². The van der Waals surface area contributed by atoms with Crippen LogP contribution in [0.25, 0.3) is 0 Å². The molecule has 3 nitrogen and oxygen atoms in total. The van der Waals surface area contributed by atoms with Gasteiger partial charge in [-0.3, -0.25) is 0 Å². The highest BCUT2D eigenvalue weighted by Gasteiger charge is 2.24. The molecule has 1 aromatic carbocycles. The van der Waals surface area contributed by atoms with Gasteiger partial charge in [0.2, 0.25) is 0 Å². The molecule has 16 heavy (non-hydrogen) atoms. The van der Waals surface area contributed by atoms with Crippen molar-refractivity contribution in [2.24, 2.45) is 5.73 Å². The molecule has 0 radical (unpaired) electrons. The van der Waals surface area contributed by atoms with E-state index in [1.165, 1.54) is 14.2 Å². The highest BCUT2D eigenvalue weighted by atomic mass is 19.1. The summed E-state index contributed by atoms with van der Waals surface area (Å²) in [4.78, 5) is 0. The zero-order valence-electron chi connectivity index (χ0n) is 9.55. The highest BCUT2D eigenvalue weighted by Crippen LogP contribution is 2.37. The Kier molecular flexibility index (Phi) is 3.01. The van der Waals surface area contributed by atoms with Crippen molar-refractivity contribution in [1.82, 2.24) is 0 Å². The molecule has 0 fully saturated rings. The summed E-state index contributed by atoms with van der Waals surface area (Å²) in [5.74, 6) is 0.302. The van der Waals surface area contributed by atoms with Crippen LogP contribution in [0.1, 0.15) is 17.5 Å². The van der Waals surface area contributed by atoms with Crippen molar-refractivity contribution in [2.75, 3.05) is 14.2 Å². The molecule has 0 saturated heterocycles. The van der Waals surface area contributed by atoms with E-state index in [0.29, 0.717) is 17.7 Å². The van der Waals surface area contributed by atoms with E-state index in [1.807, 2.05) is 6.07 Å². The average molecular weight is 225 g/mol. The minimum absolute atomic E-state index is 0.0418. The van der Waals surface area contributed by atoms with E-state index in [-0.39, 0.29) is 17.6 Å². The topological polar surface area (TPSA) is 44.5 Å². The SMILES string of the molecule is COc1cc2c(c(F)c1OC)CC(N)CC2. The Morgan fingerprint density at radius 1 is 1.38 bits per heavy atom. The first-order chi connectivity index (χ1) is 7.67. The minimum Gasteiger partial charge on any atom is -0.493 e. The fourth-order valence-electron chi connectivity index (χ4n) is 2.19. The van der Waals surface area contributed by atoms with Crippen LogP contribution < -0.4 is 15.2 Å². The molecule has 1 unspecified atom stereocenters. The normalized spacial score (nSPS) is 19.1. The van der Waals surface area contributed by atoms with E-state index in [0.717, 1.165) is 18.4 Å². The maximum absolute atomic E-state index is 14.1. The van der Waals surface area contributed by atoms with E-state index in [4.69, 9.17) is 15.2 Å². The molecule has 0 amide bonds. The second kappa shape index (κ2) is 4.29. The van der Waals surface area contributed by atoms with Gasteiger partial charge < -0.3 is 15.2 Å². The van der Waals surface area contributed by atoms with Gasteiger partial charge in [-0.2, -0.15) is 0 Å². The number of halogens is 1. The molecule has 2 rings (SSSR count). The molecule has 0 saturated carbocycles. The smallest absolute Gasteiger partial charge is 0.197 e. The van der Waals surface area contributed by atoms with Gasteiger partial charge in [0, 0.05) is 6.04 Å². The molecule has 0 spiro atoms. The molecular formula is C12H16FNO2. The largest absolute Gasteiger partial charge is 0.493 e. The van der Waals surface area contributed by atoms with E-state index >= 15 is 0 Å². The van der Waals surface area contributed by atoms with Crippen molar-refractivity contribution in [1.29, 1.82) is 0 Å². The third-order valence-electron chi connectivity index (χ3n) is 3.06. The van der Waals surface area contributed by atoms with Crippen molar-refractivity contribution >= 4 is 0 Å². The second-order valence-electron chi connectivity index (χ2n) is 4.07. The maximum atomic E-state index is 14.1. The van der Waals surface area contributed by atoms with Gasteiger partial charge in [-0.25, -0.2) is 4.39 Å². The lowest BCUT2D eigenvalue weighted by atomic mass is 9.88. The number of ether oxygens (including phenoxy) is 2. The molecule has 1 aliphatic carbocycles. The van der Waals surface area contributed by atoms with Gasteiger partial charge in [0.1, 0.15) is 0 Å². The van der Waals surface area contributed by atoms with E-state index in [2.05, 4.69) is 0 Å². The van der Waals surface area contributed by atoms with Crippen molar-refractivity contribution < 1.29 is 13.9 Å². The Balaban J connectivity index is 2.54. The first-order valence-electron chi connectivity index (χ1n) is 5.35. The third-order valence-corrected chi connectivity index (χ3v) is 3.06. The monoisotopic (exact) mass is 225 g/mol. The van der Waals surface area contributed by atoms with Gasteiger partial charge >= 0.3 is 0 Å². The first kappa shape index (κ1) is 11.2. The molecule has 88 valence electrons. The molecule has 1 aliphatic rings. The lowest BCUT2D eigenvalue weighted by Crippen LogP contribution is -2.28. The Labute approximate surface area is 94.3 Å². The third kappa shape index (κ3) is 1.73. The average Bonchev–Trinajstić information content (AvgIpc) is 2.29. The quantitative estimate of drug-likeness (QED) is 0.832. The molecule has 0 heterocycles. The lowest BCUT2D eigenvalue weighted by molar-refractivity contribution is 0.333. The molecule has 0 bridgehead atoms. The lowest BCUT2D eigenvalue weighted by Gasteiger charge is -2.23. The number of nitrogens with two attached hydrogens (primary N) is 1. The van der Waals surface area contributed by atoms with Crippen molar-refractivity contribution in [2.45, 2.75) is 25.3 Å². The fourth-order valence-corrected chi connectivity index (χ4v) is 2.19. The molecule has 0 aliphatic heterocycles. The number of benzene rings is 1. The Bertz CT molecular complexity index is 406. The predicted molar refractivity (Wildman–Crippen MR) is 59.5 cm³/mol. The van der Waals surface area contributed by atoms with Crippen LogP contribution in [0.5, 0.6) is 11.5 Å². The molecule has 4 heteroatoms. The summed E-state index contributed by atoms with van der Waals surface area (Å²) in [7, 11) is 2.95. The summed E-state index contributed by atoms with van der Waals surface area (Å²) in [6.45, 7) is 0. The van der Waals surface area contributed by atoms with E-state index in [9.17, 15) is 4.39 Å². The zero-order valence-corrected chi connectivity index (χ0v) is 9.55. The number of methoxy groups -OCH3 is 2. The molecule has 2 N–H and O–H groups in total. The summed E-state index contributed by atoms with van der Waals surface area (Å²) >= 11 is 0. The Hall–Kier alpha value is -1.29. The van der Waals surface area contributed by atoms with Crippen molar-refractivity contribution in [3.63, 3.8) is 0 Å². The summed E-state index contributed by atoms with van der Waals surface area (Å²) in [5, 5.41) is 0. The molecule has 1 aromatic rings. The van der Waals surface area contributed by atoms with Crippen LogP contribution in [-0.4, -0.2) is 20.3 Å². The highest BCUT2D eigenvalue weighted by molar-refractivity contribution is 5.50. The standard InChI is InChI=1S/C12H16FNO2/c1-15-10-5-7-3-4-8(14)6-9(7)11(13)12(10)16-2/h5,8H,3-4,6,14H2,1-2H3. The van der Waals surface area contributed by atoms with Crippen LogP contribution in [-0.2, 0) is 12.8 Å². The number of hydrogen-bond acceptors (Lipinski definition) is 3. The van der Waals surface area contributed by atoms with Crippen LogP contribution in [0.3, 0.4) is 0 Å². The van der Waals surface area contributed by atoms with Gasteiger partial charge in [0.25, 0.3) is 0 Å². The summed E-state index contributed by atoms with van der Waals surface area (Å²) in [6.07, 6.45) is 2.26. The van der Waals surface area contributed by atoms with Crippen LogP contribution in [0.4, 0.5) is 4.39 Å². The van der Waals surface area contributed by atoms with E-state index < -0.39 is 0 Å². The van der Waals surface area contributed by atoms with Crippen LogP contribution in [0.2, 0.25) is 0 Å². The first-order valence-corrected chi connectivity index (χ1v) is 5.35. The molecular weight excluding hydrogens is 209 g/mol. The Morgan fingerprint density at radius 2 is 2.12 bits per heavy atom. The maximum Gasteiger partial charge on any atom is 0.197 e. The predicted octanol–water partition coefficient (Wildman–Crippen LogP) is 1.66. The summed E-state index contributed by atoms with van der Waals surface area (Å²) in [6, 6.07) is 1.89. The minimum atomic E-state index is -0.327. The van der Waals surface area contributed by atoms with Crippen molar-refractivity contribution in [3.05, 3.63) is 23.0 Å². The number of hydrogen-bond donors (Lipinski definition) is 1. The summed E-state index contributed by atoms with van der Waals surface area (Å²) in [5.41, 5.74) is 7.50.